The summed E-state index contributed by atoms with van der Waals surface area (Å²) in [6.07, 6.45) is 0. The predicted molar refractivity (Wildman–Crippen MR) is 46.9 cm³/mol. The molecule has 0 aliphatic carbocycles. The normalized spacial score (nSPS) is 8.92. The third-order valence-electron chi connectivity index (χ3n) is 1.51. The fourth-order valence-electron chi connectivity index (χ4n) is 0.899. The highest BCUT2D eigenvalue weighted by Gasteiger charge is 1.99. The molecule has 3 heteroatoms. The van der Waals surface area contributed by atoms with Crippen molar-refractivity contribution in [3.8, 4) is 11.8 Å². The zero-order valence-electron chi connectivity index (χ0n) is 7.36. The minimum atomic E-state index is -0.168. The molecule has 0 spiro atoms. The fraction of sp³-hybridized carbons (Fsp3) is 0.333. The van der Waals surface area contributed by atoms with Gasteiger partial charge in [0.1, 0.15) is 11.4 Å². The van der Waals surface area contributed by atoms with Crippen LogP contribution in [0.5, 0.6) is 0 Å². The van der Waals surface area contributed by atoms with Crippen molar-refractivity contribution in [2.75, 3.05) is 0 Å². The van der Waals surface area contributed by atoms with Crippen LogP contribution in [-0.2, 0) is 0 Å². The molecule has 1 aromatic heterocycles. The van der Waals surface area contributed by atoms with E-state index in [1.54, 1.807) is 13.8 Å². The molecular formula is C9H10N2O. The van der Waals surface area contributed by atoms with Crippen LogP contribution in [0, 0.1) is 25.7 Å². The Morgan fingerprint density at radius 1 is 1.33 bits per heavy atom. The van der Waals surface area contributed by atoms with Crippen LogP contribution in [-0.4, -0.2) is 9.97 Å². The Hall–Kier alpha value is -1.56. The van der Waals surface area contributed by atoms with Crippen molar-refractivity contribution < 1.29 is 0 Å². The van der Waals surface area contributed by atoms with Gasteiger partial charge in [-0.15, -0.1) is 0 Å². The molecule has 0 fully saturated rings. The second kappa shape index (κ2) is 3.22. The van der Waals surface area contributed by atoms with Gasteiger partial charge in [-0.2, -0.15) is 0 Å². The Balaban J connectivity index is 3.39. The van der Waals surface area contributed by atoms with Crippen molar-refractivity contribution in [2.45, 2.75) is 20.8 Å². The minimum absolute atomic E-state index is 0.168. The van der Waals surface area contributed by atoms with E-state index in [2.05, 4.69) is 21.8 Å². The predicted octanol–water partition coefficient (Wildman–Crippen LogP) is 0.758. The molecule has 3 nitrogen and oxygen atoms in total. The molecule has 0 radical (unpaired) electrons. The standard InChI is InChI=1S/C9H10N2O/c1-4-5-8-6(2)10-7(3)9(12)11-8/h1-3H3,(H,11,12). The van der Waals surface area contributed by atoms with Crippen LogP contribution in [0.3, 0.4) is 0 Å². The Labute approximate surface area is 70.9 Å². The van der Waals surface area contributed by atoms with Crippen LogP contribution in [0.1, 0.15) is 24.0 Å². The van der Waals surface area contributed by atoms with E-state index in [0.717, 1.165) is 5.69 Å². The molecule has 0 amide bonds. The van der Waals surface area contributed by atoms with Crippen molar-refractivity contribution in [1.29, 1.82) is 0 Å². The number of aryl methyl sites for hydroxylation is 2. The Morgan fingerprint density at radius 3 is 2.58 bits per heavy atom. The molecule has 0 aliphatic heterocycles. The third kappa shape index (κ3) is 1.54. The molecule has 1 aromatic rings. The Bertz CT molecular complexity index is 407. The molecule has 0 bridgehead atoms. The van der Waals surface area contributed by atoms with Crippen LogP contribution >= 0.6 is 0 Å². The second-order valence-electron chi connectivity index (χ2n) is 2.49. The quantitative estimate of drug-likeness (QED) is 0.572. The van der Waals surface area contributed by atoms with E-state index >= 15 is 0 Å². The maximum Gasteiger partial charge on any atom is 0.270 e. The first-order valence-corrected chi connectivity index (χ1v) is 3.65. The average molecular weight is 162 g/mol. The molecule has 0 unspecified atom stereocenters. The summed E-state index contributed by atoms with van der Waals surface area (Å²) in [5.74, 6) is 5.49. The smallest absolute Gasteiger partial charge is 0.270 e. The molecule has 1 heterocycles. The summed E-state index contributed by atoms with van der Waals surface area (Å²) < 4.78 is 0. The van der Waals surface area contributed by atoms with Crippen molar-refractivity contribution in [3.05, 3.63) is 27.4 Å². The van der Waals surface area contributed by atoms with Gasteiger partial charge in [0.05, 0.1) is 5.69 Å². The maximum atomic E-state index is 11.1. The van der Waals surface area contributed by atoms with Crippen LogP contribution in [0.15, 0.2) is 4.79 Å². The van der Waals surface area contributed by atoms with Gasteiger partial charge in [0.2, 0.25) is 0 Å². The van der Waals surface area contributed by atoms with Crippen molar-refractivity contribution in [3.63, 3.8) is 0 Å². The van der Waals surface area contributed by atoms with E-state index in [1.165, 1.54) is 0 Å². The summed E-state index contributed by atoms with van der Waals surface area (Å²) in [7, 11) is 0. The number of nitrogens with zero attached hydrogens (tertiary/aromatic N) is 1. The van der Waals surface area contributed by atoms with Crippen molar-refractivity contribution in [1.82, 2.24) is 9.97 Å². The molecule has 62 valence electrons. The van der Waals surface area contributed by atoms with Gasteiger partial charge in [-0.3, -0.25) is 4.79 Å². The number of aromatic amines is 1. The topological polar surface area (TPSA) is 45.8 Å². The molecule has 1 rings (SSSR count). The SMILES string of the molecule is CC#Cc1[nH]c(=O)c(C)nc1C. The summed E-state index contributed by atoms with van der Waals surface area (Å²) >= 11 is 0. The van der Waals surface area contributed by atoms with Gasteiger partial charge in [-0.1, -0.05) is 5.92 Å². The first-order valence-electron chi connectivity index (χ1n) is 3.65. The number of H-pyrrole nitrogens is 1. The van der Waals surface area contributed by atoms with Gasteiger partial charge < -0.3 is 4.98 Å². The lowest BCUT2D eigenvalue weighted by Crippen LogP contribution is -2.14. The second-order valence-corrected chi connectivity index (χ2v) is 2.49. The van der Waals surface area contributed by atoms with E-state index in [0.29, 0.717) is 11.4 Å². The molecule has 12 heavy (non-hydrogen) atoms. The summed E-state index contributed by atoms with van der Waals surface area (Å²) in [5, 5.41) is 0. The van der Waals surface area contributed by atoms with Crippen LogP contribution < -0.4 is 5.56 Å². The van der Waals surface area contributed by atoms with Crippen molar-refractivity contribution >= 4 is 0 Å². The zero-order chi connectivity index (χ0) is 9.14. The summed E-state index contributed by atoms with van der Waals surface area (Å²) in [5.41, 5.74) is 1.68. The van der Waals surface area contributed by atoms with Crippen molar-refractivity contribution in [2.24, 2.45) is 0 Å². The van der Waals surface area contributed by atoms with E-state index in [9.17, 15) is 4.79 Å². The first kappa shape index (κ1) is 8.54. The monoisotopic (exact) mass is 162 g/mol. The molecule has 0 aromatic carbocycles. The summed E-state index contributed by atoms with van der Waals surface area (Å²) in [6, 6.07) is 0. The van der Waals surface area contributed by atoms with E-state index in [1.807, 2.05) is 6.92 Å². The Morgan fingerprint density at radius 2 is 2.00 bits per heavy atom. The van der Waals surface area contributed by atoms with Gasteiger partial charge in [-0.05, 0) is 26.7 Å². The average Bonchev–Trinajstić information content (AvgIpc) is 2.01. The molecule has 1 N–H and O–H groups in total. The Kier molecular flexibility index (Phi) is 2.29. The van der Waals surface area contributed by atoms with Crippen LogP contribution in [0.4, 0.5) is 0 Å². The molecule has 0 aliphatic rings. The van der Waals surface area contributed by atoms with Crippen LogP contribution in [0.2, 0.25) is 0 Å². The first-order chi connectivity index (χ1) is 5.65. The van der Waals surface area contributed by atoms with Crippen LogP contribution in [0.25, 0.3) is 0 Å². The molecule has 0 atom stereocenters. The highest BCUT2D eigenvalue weighted by Crippen LogP contribution is 1.95. The van der Waals surface area contributed by atoms with E-state index in [-0.39, 0.29) is 5.56 Å². The van der Waals surface area contributed by atoms with E-state index in [4.69, 9.17) is 0 Å². The lowest BCUT2D eigenvalue weighted by atomic mass is 10.3. The molecule has 0 saturated carbocycles. The van der Waals surface area contributed by atoms with Gasteiger partial charge in [0.25, 0.3) is 5.56 Å². The van der Waals surface area contributed by atoms with Gasteiger partial charge in [-0.25, -0.2) is 4.98 Å². The number of hydrogen-bond donors (Lipinski definition) is 1. The van der Waals surface area contributed by atoms with E-state index < -0.39 is 0 Å². The largest absolute Gasteiger partial charge is 0.312 e. The lowest BCUT2D eigenvalue weighted by Gasteiger charge is -1.97. The lowest BCUT2D eigenvalue weighted by molar-refractivity contribution is 0.996. The maximum absolute atomic E-state index is 11.1. The summed E-state index contributed by atoms with van der Waals surface area (Å²) in [6.45, 7) is 5.22. The molecular weight excluding hydrogens is 152 g/mol. The highest BCUT2D eigenvalue weighted by atomic mass is 16.1. The molecule has 0 saturated heterocycles. The number of aromatic nitrogens is 2. The van der Waals surface area contributed by atoms with Gasteiger partial charge in [0.15, 0.2) is 0 Å². The minimum Gasteiger partial charge on any atom is -0.312 e. The number of hydrogen-bond acceptors (Lipinski definition) is 2. The highest BCUT2D eigenvalue weighted by molar-refractivity contribution is 5.30. The fourth-order valence-corrected chi connectivity index (χ4v) is 0.899. The zero-order valence-corrected chi connectivity index (χ0v) is 7.36. The number of rotatable bonds is 0. The third-order valence-corrected chi connectivity index (χ3v) is 1.51. The van der Waals surface area contributed by atoms with Gasteiger partial charge >= 0.3 is 0 Å². The summed E-state index contributed by atoms with van der Waals surface area (Å²) in [4.78, 5) is 17.8. The van der Waals surface area contributed by atoms with Gasteiger partial charge in [0, 0.05) is 0 Å². The number of nitrogens with one attached hydrogen (secondary N) is 1.